The van der Waals surface area contributed by atoms with Gasteiger partial charge in [0.2, 0.25) is 10.0 Å². The van der Waals surface area contributed by atoms with Crippen LogP contribution >= 0.6 is 0 Å². The van der Waals surface area contributed by atoms with Crippen LogP contribution in [-0.4, -0.2) is 32.3 Å². The largest absolute Gasteiger partial charge is 0.339 e. The molecule has 0 atom stereocenters. The van der Waals surface area contributed by atoms with E-state index in [-0.39, 0.29) is 10.8 Å². The fraction of sp³-hybridized carbons (Fsp3) is 0.533. The number of aryl methyl sites for hydroxylation is 1. The molecule has 0 spiro atoms. The molecule has 0 bridgehead atoms. The number of carbonyl (C=O) groups excluding carboxylic acids is 1. The number of nitrogens with zero attached hydrogens (tertiary/aromatic N) is 1. The zero-order valence-corrected chi connectivity index (χ0v) is 14.1. The molecule has 1 amide bonds. The van der Waals surface area contributed by atoms with Crippen LogP contribution in [0.25, 0.3) is 0 Å². The summed E-state index contributed by atoms with van der Waals surface area (Å²) in [5, 5.41) is 5.23. The number of hydrogen-bond donors (Lipinski definition) is 1. The van der Waals surface area contributed by atoms with Crippen molar-refractivity contribution in [1.29, 1.82) is 0 Å². The quantitative estimate of drug-likeness (QED) is 0.903. The minimum Gasteiger partial charge on any atom is -0.339 e. The van der Waals surface area contributed by atoms with E-state index in [0.717, 1.165) is 5.56 Å². The fourth-order valence-corrected chi connectivity index (χ4v) is 3.10. The summed E-state index contributed by atoms with van der Waals surface area (Å²) >= 11 is 0. The number of carbonyl (C=O) groups is 1. The second-order valence-corrected chi connectivity index (χ2v) is 7.23. The summed E-state index contributed by atoms with van der Waals surface area (Å²) < 4.78 is 23.3. The van der Waals surface area contributed by atoms with Crippen LogP contribution in [0.4, 0.5) is 0 Å². The molecule has 6 heteroatoms. The molecule has 1 aromatic carbocycles. The maximum absolute atomic E-state index is 12.5. The summed E-state index contributed by atoms with van der Waals surface area (Å²) in [6.07, 6.45) is 0. The van der Waals surface area contributed by atoms with Gasteiger partial charge in [0.1, 0.15) is 0 Å². The SMILES string of the molecule is CCN(CC(C)C)C(=O)c1cc(C)c(C)c(S(N)(=O)=O)c1. The van der Waals surface area contributed by atoms with Crippen LogP contribution in [0.5, 0.6) is 0 Å². The van der Waals surface area contributed by atoms with Gasteiger partial charge in [-0.15, -0.1) is 0 Å². The number of rotatable bonds is 5. The van der Waals surface area contributed by atoms with Crippen molar-refractivity contribution in [2.45, 2.75) is 39.5 Å². The fourth-order valence-electron chi connectivity index (χ4n) is 2.22. The first-order valence-electron chi connectivity index (χ1n) is 7.01. The van der Waals surface area contributed by atoms with Gasteiger partial charge in [-0.1, -0.05) is 13.8 Å². The Kier molecular flexibility index (Phi) is 5.53. The van der Waals surface area contributed by atoms with Crippen LogP contribution < -0.4 is 5.14 Å². The van der Waals surface area contributed by atoms with Gasteiger partial charge in [-0.25, -0.2) is 13.6 Å². The molecule has 0 heterocycles. The highest BCUT2D eigenvalue weighted by Gasteiger charge is 2.20. The summed E-state index contributed by atoms with van der Waals surface area (Å²) in [6.45, 7) is 10.6. The molecular formula is C15H24N2O3S. The normalized spacial score (nSPS) is 11.8. The van der Waals surface area contributed by atoms with E-state index in [2.05, 4.69) is 0 Å². The smallest absolute Gasteiger partial charge is 0.253 e. The molecule has 5 nitrogen and oxygen atoms in total. The highest BCUT2D eigenvalue weighted by atomic mass is 32.2. The Balaban J connectivity index is 3.31. The molecule has 0 aliphatic carbocycles. The third-order valence-electron chi connectivity index (χ3n) is 3.43. The van der Waals surface area contributed by atoms with Crippen molar-refractivity contribution in [3.63, 3.8) is 0 Å². The minimum absolute atomic E-state index is 0.0199. The summed E-state index contributed by atoms with van der Waals surface area (Å²) in [4.78, 5) is 14.3. The van der Waals surface area contributed by atoms with E-state index in [1.165, 1.54) is 6.07 Å². The summed E-state index contributed by atoms with van der Waals surface area (Å²) in [5.41, 5.74) is 1.69. The van der Waals surface area contributed by atoms with E-state index in [0.29, 0.717) is 30.1 Å². The van der Waals surface area contributed by atoms with Crippen LogP contribution in [0.15, 0.2) is 17.0 Å². The third-order valence-corrected chi connectivity index (χ3v) is 4.46. The Labute approximate surface area is 127 Å². The van der Waals surface area contributed by atoms with Crippen molar-refractivity contribution in [3.8, 4) is 0 Å². The molecule has 21 heavy (non-hydrogen) atoms. The lowest BCUT2D eigenvalue weighted by Crippen LogP contribution is -2.34. The van der Waals surface area contributed by atoms with E-state index >= 15 is 0 Å². The van der Waals surface area contributed by atoms with Crippen molar-refractivity contribution < 1.29 is 13.2 Å². The predicted molar refractivity (Wildman–Crippen MR) is 83.7 cm³/mol. The van der Waals surface area contributed by atoms with Gasteiger partial charge < -0.3 is 4.90 Å². The van der Waals surface area contributed by atoms with E-state index in [9.17, 15) is 13.2 Å². The Bertz CT molecular complexity index is 637. The first-order chi connectivity index (χ1) is 9.57. The standard InChI is InChI=1S/C15H24N2O3S/c1-6-17(9-10(2)3)15(18)13-7-11(4)12(5)14(8-13)21(16,19)20/h7-8,10H,6,9H2,1-5H3,(H2,16,19,20). The average Bonchev–Trinajstić information content (AvgIpc) is 2.36. The van der Waals surface area contributed by atoms with Crippen molar-refractivity contribution >= 4 is 15.9 Å². The van der Waals surface area contributed by atoms with Crippen molar-refractivity contribution in [2.24, 2.45) is 11.1 Å². The summed E-state index contributed by atoms with van der Waals surface area (Å²) in [6, 6.07) is 3.10. The molecule has 2 N–H and O–H groups in total. The first kappa shape index (κ1) is 17.7. The second kappa shape index (κ2) is 6.58. The molecule has 0 saturated heterocycles. The van der Waals surface area contributed by atoms with Crippen molar-refractivity contribution in [3.05, 3.63) is 28.8 Å². The van der Waals surface area contributed by atoms with Crippen LogP contribution in [0.1, 0.15) is 42.3 Å². The molecule has 1 aromatic rings. The van der Waals surface area contributed by atoms with Gasteiger partial charge in [0.15, 0.2) is 0 Å². The van der Waals surface area contributed by atoms with Gasteiger partial charge in [0.05, 0.1) is 4.90 Å². The maximum Gasteiger partial charge on any atom is 0.253 e. The number of amides is 1. The lowest BCUT2D eigenvalue weighted by molar-refractivity contribution is 0.0745. The Morgan fingerprint density at radius 2 is 1.86 bits per heavy atom. The molecule has 0 unspecified atom stereocenters. The Morgan fingerprint density at radius 3 is 2.29 bits per heavy atom. The monoisotopic (exact) mass is 312 g/mol. The van der Waals surface area contributed by atoms with Gasteiger partial charge in [-0.2, -0.15) is 0 Å². The molecule has 0 aromatic heterocycles. The molecule has 0 fully saturated rings. The topological polar surface area (TPSA) is 80.5 Å². The molecule has 0 aliphatic rings. The Hall–Kier alpha value is -1.40. The van der Waals surface area contributed by atoms with Crippen molar-refractivity contribution in [1.82, 2.24) is 4.90 Å². The number of nitrogens with two attached hydrogens (primary N) is 1. The molecular weight excluding hydrogens is 288 g/mol. The highest BCUT2D eigenvalue weighted by Crippen LogP contribution is 2.21. The molecule has 1 rings (SSSR count). The van der Waals surface area contributed by atoms with Gasteiger partial charge in [0, 0.05) is 18.7 Å². The third kappa shape index (κ3) is 4.28. The number of hydrogen-bond acceptors (Lipinski definition) is 3. The zero-order chi connectivity index (χ0) is 16.4. The second-order valence-electron chi connectivity index (χ2n) is 5.70. The summed E-state index contributed by atoms with van der Waals surface area (Å²) in [5.74, 6) is 0.178. The van der Waals surface area contributed by atoms with Crippen molar-refractivity contribution in [2.75, 3.05) is 13.1 Å². The van der Waals surface area contributed by atoms with Gasteiger partial charge in [-0.3, -0.25) is 4.79 Å². The van der Waals surface area contributed by atoms with E-state index in [1.54, 1.807) is 24.8 Å². The zero-order valence-electron chi connectivity index (χ0n) is 13.3. The first-order valence-corrected chi connectivity index (χ1v) is 8.55. The van der Waals surface area contributed by atoms with Crippen LogP contribution in [-0.2, 0) is 10.0 Å². The summed E-state index contributed by atoms with van der Waals surface area (Å²) in [7, 11) is -3.84. The lowest BCUT2D eigenvalue weighted by Gasteiger charge is -2.23. The van der Waals surface area contributed by atoms with Crippen LogP contribution in [0, 0.1) is 19.8 Å². The van der Waals surface area contributed by atoms with Gasteiger partial charge in [-0.05, 0) is 49.9 Å². The van der Waals surface area contributed by atoms with Gasteiger partial charge >= 0.3 is 0 Å². The maximum atomic E-state index is 12.5. The lowest BCUT2D eigenvalue weighted by atomic mass is 10.0. The minimum atomic E-state index is -3.84. The van der Waals surface area contributed by atoms with Crippen LogP contribution in [0.3, 0.4) is 0 Å². The predicted octanol–water partition coefficient (Wildman–Crippen LogP) is 2.07. The molecule has 0 radical (unpaired) electrons. The molecule has 0 aliphatic heterocycles. The Morgan fingerprint density at radius 1 is 1.29 bits per heavy atom. The van der Waals surface area contributed by atoms with E-state index in [4.69, 9.17) is 5.14 Å². The molecule has 0 saturated carbocycles. The molecule has 118 valence electrons. The number of sulfonamides is 1. The van der Waals surface area contributed by atoms with Crippen LogP contribution in [0.2, 0.25) is 0 Å². The average molecular weight is 312 g/mol. The number of benzene rings is 1. The number of primary sulfonamides is 1. The van der Waals surface area contributed by atoms with Gasteiger partial charge in [0.25, 0.3) is 5.91 Å². The van der Waals surface area contributed by atoms with E-state index < -0.39 is 10.0 Å². The van der Waals surface area contributed by atoms with E-state index in [1.807, 2.05) is 20.8 Å². The highest BCUT2D eigenvalue weighted by molar-refractivity contribution is 7.89.